The summed E-state index contributed by atoms with van der Waals surface area (Å²) >= 11 is 5.68. The molecule has 7 nitrogen and oxygen atoms in total. The van der Waals surface area contributed by atoms with Gasteiger partial charge >= 0.3 is 0 Å². The highest BCUT2D eigenvalue weighted by Crippen LogP contribution is 2.32. The normalized spacial score (nSPS) is 16.9. The Kier molecular flexibility index (Phi) is 5.37. The van der Waals surface area contributed by atoms with Gasteiger partial charge < -0.3 is 5.32 Å². The zero-order chi connectivity index (χ0) is 20.5. The number of benzene rings is 1. The monoisotopic (exact) mass is 407 g/mol. The summed E-state index contributed by atoms with van der Waals surface area (Å²) in [6.07, 6.45) is 2.14. The highest BCUT2D eigenvalue weighted by Gasteiger charge is 2.40. The highest BCUT2D eigenvalue weighted by atomic mass is 35.5. The van der Waals surface area contributed by atoms with Gasteiger partial charge in [-0.2, -0.15) is 10.1 Å². The van der Waals surface area contributed by atoms with Crippen molar-refractivity contribution in [3.8, 4) is 0 Å². The molecule has 1 aliphatic heterocycles. The summed E-state index contributed by atoms with van der Waals surface area (Å²) in [5.74, 6) is -5.39. The molecule has 0 radical (unpaired) electrons. The van der Waals surface area contributed by atoms with Crippen molar-refractivity contribution in [3.05, 3.63) is 47.4 Å². The Labute approximate surface area is 164 Å². The van der Waals surface area contributed by atoms with E-state index in [0.29, 0.717) is 0 Å². The lowest BCUT2D eigenvalue weighted by Crippen LogP contribution is -2.36. The third-order valence-corrected chi connectivity index (χ3v) is 4.41. The van der Waals surface area contributed by atoms with Crippen molar-refractivity contribution in [3.63, 3.8) is 0 Å². The van der Waals surface area contributed by atoms with Crippen LogP contribution < -0.4 is 10.3 Å². The smallest absolute Gasteiger partial charge is 0.273 e. The van der Waals surface area contributed by atoms with E-state index in [1.165, 1.54) is 50.5 Å². The molecule has 0 saturated heterocycles. The van der Waals surface area contributed by atoms with Crippen LogP contribution in [0.5, 0.6) is 0 Å². The van der Waals surface area contributed by atoms with E-state index in [1.807, 2.05) is 0 Å². The summed E-state index contributed by atoms with van der Waals surface area (Å²) in [5.41, 5.74) is 0.198. The maximum absolute atomic E-state index is 13.9. The number of amides is 2. The van der Waals surface area contributed by atoms with Gasteiger partial charge in [0.2, 0.25) is 5.91 Å². The van der Waals surface area contributed by atoms with E-state index < -0.39 is 23.7 Å². The molecule has 0 aliphatic carbocycles. The van der Waals surface area contributed by atoms with E-state index in [0.717, 1.165) is 5.01 Å². The van der Waals surface area contributed by atoms with Gasteiger partial charge in [-0.15, -0.1) is 0 Å². The second-order valence-corrected chi connectivity index (χ2v) is 6.54. The maximum Gasteiger partial charge on any atom is 0.273 e. The standard InChI is InChI=1S/C18H16ClF2N5O2/c1-3-18(20,21)11-5-4-6-12(7-11)24-16(27)15-10(2)25-26(17(15)28)14-9-22-13(19)8-23-14/h4-9,15H,3H2,1-2H3,(H,24,27). The number of nitrogens with one attached hydrogen (secondary N) is 1. The molecule has 146 valence electrons. The Morgan fingerprint density at radius 3 is 2.71 bits per heavy atom. The van der Waals surface area contributed by atoms with Crippen LogP contribution in [0.2, 0.25) is 5.15 Å². The minimum Gasteiger partial charge on any atom is -0.325 e. The molecule has 0 fully saturated rings. The molecule has 0 saturated carbocycles. The summed E-state index contributed by atoms with van der Waals surface area (Å²) in [6, 6.07) is 5.37. The first-order valence-electron chi connectivity index (χ1n) is 8.39. The third kappa shape index (κ3) is 3.84. The number of hydrogen-bond donors (Lipinski definition) is 1. The predicted molar refractivity (Wildman–Crippen MR) is 100 cm³/mol. The molecule has 1 unspecified atom stereocenters. The van der Waals surface area contributed by atoms with Crippen molar-refractivity contribution in [1.29, 1.82) is 0 Å². The first kappa shape index (κ1) is 19.8. The predicted octanol–water partition coefficient (Wildman–Crippen LogP) is 3.61. The molecule has 2 amide bonds. The van der Waals surface area contributed by atoms with E-state index in [4.69, 9.17) is 11.6 Å². The van der Waals surface area contributed by atoms with Crippen molar-refractivity contribution in [2.45, 2.75) is 26.2 Å². The molecule has 1 aromatic carbocycles. The van der Waals surface area contributed by atoms with Crippen LogP contribution in [0, 0.1) is 5.92 Å². The van der Waals surface area contributed by atoms with Crippen LogP contribution in [-0.4, -0.2) is 27.5 Å². The average molecular weight is 408 g/mol. The molecule has 1 aromatic heterocycles. The number of hydrazone groups is 1. The van der Waals surface area contributed by atoms with E-state index in [2.05, 4.69) is 20.4 Å². The minimum absolute atomic E-state index is 0.119. The number of aromatic nitrogens is 2. The molecule has 10 heteroatoms. The lowest BCUT2D eigenvalue weighted by molar-refractivity contribution is -0.127. The average Bonchev–Trinajstić information content (AvgIpc) is 2.97. The lowest BCUT2D eigenvalue weighted by atomic mass is 10.0. The van der Waals surface area contributed by atoms with Crippen LogP contribution in [0.15, 0.2) is 41.8 Å². The zero-order valence-electron chi connectivity index (χ0n) is 15.0. The van der Waals surface area contributed by atoms with Gasteiger partial charge in [-0.25, -0.2) is 18.7 Å². The molecule has 1 N–H and O–H groups in total. The summed E-state index contributed by atoms with van der Waals surface area (Å²) in [5, 5.41) is 7.67. The molecule has 2 aromatic rings. The molecular formula is C18H16ClF2N5O2. The van der Waals surface area contributed by atoms with Gasteiger partial charge in [0.15, 0.2) is 11.7 Å². The Morgan fingerprint density at radius 1 is 1.32 bits per heavy atom. The fourth-order valence-electron chi connectivity index (χ4n) is 2.69. The Bertz CT molecular complexity index is 949. The summed E-state index contributed by atoms with van der Waals surface area (Å²) in [6.45, 7) is 2.89. The topological polar surface area (TPSA) is 87.5 Å². The number of alkyl halides is 2. The van der Waals surface area contributed by atoms with Gasteiger partial charge in [-0.3, -0.25) is 9.59 Å². The van der Waals surface area contributed by atoms with Gasteiger partial charge in [0.25, 0.3) is 11.8 Å². The number of halogens is 3. The second kappa shape index (κ2) is 7.59. The highest BCUT2D eigenvalue weighted by molar-refractivity contribution is 6.29. The lowest BCUT2D eigenvalue weighted by Gasteiger charge is -2.16. The number of rotatable bonds is 5. The van der Waals surface area contributed by atoms with Crippen LogP contribution in [-0.2, 0) is 15.5 Å². The maximum atomic E-state index is 13.9. The molecule has 28 heavy (non-hydrogen) atoms. The second-order valence-electron chi connectivity index (χ2n) is 6.15. The van der Waals surface area contributed by atoms with Crippen LogP contribution in [0.4, 0.5) is 20.3 Å². The van der Waals surface area contributed by atoms with Gasteiger partial charge in [-0.1, -0.05) is 30.7 Å². The number of anilines is 2. The van der Waals surface area contributed by atoms with Crippen LogP contribution in [0.25, 0.3) is 0 Å². The van der Waals surface area contributed by atoms with Crippen molar-refractivity contribution in [2.75, 3.05) is 10.3 Å². The minimum atomic E-state index is -3.01. The number of nitrogens with zero attached hydrogens (tertiary/aromatic N) is 4. The van der Waals surface area contributed by atoms with Gasteiger partial charge in [0, 0.05) is 17.7 Å². The van der Waals surface area contributed by atoms with Crippen LogP contribution >= 0.6 is 11.6 Å². The Hall–Kier alpha value is -2.94. The third-order valence-electron chi connectivity index (χ3n) is 4.21. The van der Waals surface area contributed by atoms with E-state index in [9.17, 15) is 18.4 Å². The molecule has 0 bridgehead atoms. The number of carbonyl (C=O) groups is 2. The van der Waals surface area contributed by atoms with Crippen LogP contribution in [0.1, 0.15) is 25.8 Å². The SMILES string of the molecule is CCC(F)(F)c1cccc(NC(=O)C2C(=O)N(c3cnc(Cl)cn3)N=C2C)c1. The van der Waals surface area contributed by atoms with Crippen molar-refractivity contribution >= 4 is 40.6 Å². The van der Waals surface area contributed by atoms with Crippen molar-refractivity contribution in [2.24, 2.45) is 11.0 Å². The first-order valence-corrected chi connectivity index (χ1v) is 8.76. The Morgan fingerprint density at radius 2 is 2.07 bits per heavy atom. The number of carbonyl (C=O) groups excluding carboxylic acids is 2. The fourth-order valence-corrected chi connectivity index (χ4v) is 2.79. The van der Waals surface area contributed by atoms with Crippen molar-refractivity contribution in [1.82, 2.24) is 9.97 Å². The van der Waals surface area contributed by atoms with E-state index in [1.54, 1.807) is 0 Å². The number of hydrogen-bond acceptors (Lipinski definition) is 5. The van der Waals surface area contributed by atoms with E-state index in [-0.39, 0.29) is 34.4 Å². The molecule has 0 spiro atoms. The zero-order valence-corrected chi connectivity index (χ0v) is 15.7. The summed E-state index contributed by atoms with van der Waals surface area (Å²) < 4.78 is 27.8. The van der Waals surface area contributed by atoms with Gasteiger partial charge in [0.1, 0.15) is 5.15 Å². The largest absolute Gasteiger partial charge is 0.325 e. The molecule has 1 atom stereocenters. The molecule has 3 rings (SSSR count). The quantitative estimate of drug-likeness (QED) is 0.767. The van der Waals surface area contributed by atoms with Gasteiger partial charge in [-0.05, 0) is 19.1 Å². The fraction of sp³-hybridized carbons (Fsp3) is 0.278. The summed E-state index contributed by atoms with van der Waals surface area (Å²) in [7, 11) is 0. The first-order chi connectivity index (χ1) is 13.2. The van der Waals surface area contributed by atoms with E-state index >= 15 is 0 Å². The molecular weight excluding hydrogens is 392 g/mol. The van der Waals surface area contributed by atoms with Crippen LogP contribution in [0.3, 0.4) is 0 Å². The van der Waals surface area contributed by atoms with Gasteiger partial charge in [0.05, 0.1) is 18.1 Å². The molecule has 1 aliphatic rings. The molecule has 2 heterocycles. The van der Waals surface area contributed by atoms with Crippen molar-refractivity contribution < 1.29 is 18.4 Å². The Balaban J connectivity index is 1.78. The summed E-state index contributed by atoms with van der Waals surface area (Å²) in [4.78, 5) is 33.0.